The van der Waals surface area contributed by atoms with Crippen LogP contribution in [-0.4, -0.2) is 6.61 Å². The van der Waals surface area contributed by atoms with Gasteiger partial charge in [-0.2, -0.15) is 18.2 Å². The van der Waals surface area contributed by atoms with Gasteiger partial charge in [-0.25, -0.2) is 0 Å². The summed E-state index contributed by atoms with van der Waals surface area (Å²) in [6.07, 6.45) is 0. The van der Waals surface area contributed by atoms with Gasteiger partial charge in [-0.15, -0.1) is 12.1 Å². The zero-order chi connectivity index (χ0) is 8.10. The molecule has 0 N–H and O–H groups in total. The smallest absolute Gasteiger partial charge is 0.0873 e. The van der Waals surface area contributed by atoms with Crippen LogP contribution in [0.5, 0.6) is 5.75 Å². The maximum absolute atomic E-state index is 5.45. The number of rotatable bonds is 3. The van der Waals surface area contributed by atoms with Crippen LogP contribution in [0.4, 0.5) is 0 Å². The summed E-state index contributed by atoms with van der Waals surface area (Å²) in [5.41, 5.74) is 0. The Labute approximate surface area is 68.0 Å². The fourth-order valence-corrected chi connectivity index (χ4v) is 0.731. The summed E-state index contributed by atoms with van der Waals surface area (Å²) in [6, 6.07) is 10.5. The summed E-state index contributed by atoms with van der Waals surface area (Å²) < 4.78 is 5.45. The summed E-state index contributed by atoms with van der Waals surface area (Å²) in [5.74, 6) is 1.51. The van der Waals surface area contributed by atoms with Crippen molar-refractivity contribution in [2.75, 3.05) is 6.61 Å². The molecule has 1 rings (SSSR count). The minimum absolute atomic E-state index is 0. The van der Waals surface area contributed by atoms with Gasteiger partial charge in [0.15, 0.2) is 0 Å². The second-order valence-electron chi connectivity index (χ2n) is 2.94. The minimum atomic E-state index is 0. The maximum Gasteiger partial charge on any atom is 0.0873 e. The first-order chi connectivity index (χ1) is 5.29. The Morgan fingerprint density at radius 1 is 1.33 bits per heavy atom. The first-order valence-corrected chi connectivity index (χ1v) is 3.88. The van der Waals surface area contributed by atoms with Crippen molar-refractivity contribution in [3.05, 3.63) is 30.3 Å². The first-order valence-electron chi connectivity index (χ1n) is 3.88. The number of benzene rings is 1. The van der Waals surface area contributed by atoms with Crippen molar-refractivity contribution in [3.63, 3.8) is 0 Å². The first kappa shape index (κ1) is 10.0. The molecule has 0 aromatic heterocycles. The molecule has 0 amide bonds. The summed E-state index contributed by atoms with van der Waals surface area (Å²) in [4.78, 5) is 0. The van der Waals surface area contributed by atoms with E-state index < -0.39 is 0 Å². The molecule has 0 aliphatic carbocycles. The fourth-order valence-electron chi connectivity index (χ4n) is 0.731. The van der Waals surface area contributed by atoms with E-state index >= 15 is 0 Å². The van der Waals surface area contributed by atoms with E-state index in [0.29, 0.717) is 5.92 Å². The van der Waals surface area contributed by atoms with Crippen LogP contribution in [-0.2, 0) is 0 Å². The van der Waals surface area contributed by atoms with Gasteiger partial charge in [0.25, 0.3) is 0 Å². The summed E-state index contributed by atoms with van der Waals surface area (Å²) in [7, 11) is 0. The molecule has 1 aromatic carbocycles. The van der Waals surface area contributed by atoms with E-state index in [1.54, 1.807) is 0 Å². The van der Waals surface area contributed by atoms with E-state index in [1.165, 1.54) is 0 Å². The van der Waals surface area contributed by atoms with E-state index in [4.69, 9.17) is 4.74 Å². The quantitative estimate of drug-likeness (QED) is 0.689. The molecule has 62 valence electrons. The van der Waals surface area contributed by atoms with Crippen LogP contribution in [0.2, 0.25) is 0 Å². The molecule has 0 atom stereocenters. The van der Waals surface area contributed by atoms with Gasteiger partial charge in [0.1, 0.15) is 0 Å². The van der Waals surface area contributed by atoms with Gasteiger partial charge in [-0.3, -0.25) is 0 Å². The molecule has 0 radical (unpaired) electrons. The van der Waals surface area contributed by atoms with Gasteiger partial charge in [0.05, 0.1) is 6.61 Å². The van der Waals surface area contributed by atoms with Crippen LogP contribution in [0, 0.1) is 12.0 Å². The van der Waals surface area contributed by atoms with Crippen LogP contribution >= 0.6 is 0 Å². The molecule has 0 unspecified atom stereocenters. The minimum Gasteiger partial charge on any atom is -0.519 e. The summed E-state index contributed by atoms with van der Waals surface area (Å²) >= 11 is 0. The molecule has 0 fully saturated rings. The monoisotopic (exact) mass is 416 g/mol. The van der Waals surface area contributed by atoms with Gasteiger partial charge in [0.2, 0.25) is 0 Å². The molecular weight excluding hydrogens is 403 g/mol. The van der Waals surface area contributed by atoms with Crippen molar-refractivity contribution in [3.8, 4) is 5.75 Å². The molecule has 0 spiro atoms. The SMILES string of the molecule is CC(C)COc1cc[c-]cc1.[Rf]. The Kier molecular flexibility index (Phi) is 3.99. The maximum atomic E-state index is 5.45. The molecule has 0 aliphatic rings. The van der Waals surface area contributed by atoms with Crippen LogP contribution in [0.25, 0.3) is 0 Å². The van der Waals surface area contributed by atoms with E-state index in [9.17, 15) is 0 Å². The molecular formula is C10H13ORf-. The zero-order valence-electron chi connectivity index (χ0n) is 7.71. The second kappa shape index (κ2) is 4.78. The van der Waals surface area contributed by atoms with E-state index in [-0.39, 0.29) is 0 Å². The average Bonchev–Trinajstić information content (AvgIpc) is 2.03. The Hall–Kier alpha value is -1.98. The predicted octanol–water partition coefficient (Wildman–Crippen LogP) is 2.52. The third-order valence-corrected chi connectivity index (χ3v) is 1.27. The Morgan fingerprint density at radius 3 is 2.42 bits per heavy atom. The average molecular weight is 416 g/mol. The van der Waals surface area contributed by atoms with Crippen LogP contribution in [0.3, 0.4) is 0 Å². The number of hydrogen-bond acceptors (Lipinski definition) is 1. The molecule has 0 saturated heterocycles. The van der Waals surface area contributed by atoms with Gasteiger partial charge < -0.3 is 4.74 Å². The Morgan fingerprint density at radius 2 is 1.92 bits per heavy atom. The van der Waals surface area contributed by atoms with E-state index in [2.05, 4.69) is 19.9 Å². The number of hydrogen-bond donors (Lipinski definition) is 0. The van der Waals surface area contributed by atoms with Crippen molar-refractivity contribution in [1.29, 1.82) is 0 Å². The topological polar surface area (TPSA) is 9.23 Å². The Balaban J connectivity index is 0.00000121. The van der Waals surface area contributed by atoms with E-state index in [1.807, 2.05) is 24.3 Å². The van der Waals surface area contributed by atoms with E-state index in [0.717, 1.165) is 12.4 Å². The van der Waals surface area contributed by atoms with Crippen LogP contribution in [0.15, 0.2) is 24.3 Å². The van der Waals surface area contributed by atoms with Gasteiger partial charge in [-0.05, 0) is 5.92 Å². The second-order valence-corrected chi connectivity index (χ2v) is 2.94. The zero-order valence-corrected chi connectivity index (χ0v) is 14.1. The van der Waals surface area contributed by atoms with Crippen molar-refractivity contribution in [2.45, 2.75) is 13.8 Å². The summed E-state index contributed by atoms with van der Waals surface area (Å²) in [5, 5.41) is 0. The van der Waals surface area contributed by atoms with Crippen molar-refractivity contribution in [1.82, 2.24) is 0 Å². The van der Waals surface area contributed by atoms with Gasteiger partial charge >= 0.3 is 0 Å². The molecule has 0 bridgehead atoms. The van der Waals surface area contributed by atoms with Crippen molar-refractivity contribution in [2.24, 2.45) is 5.92 Å². The fraction of sp³-hybridized carbons (Fsp3) is 0.400. The Bertz CT molecular complexity index is 196. The molecule has 1 nitrogen and oxygen atoms in total. The normalized spacial score (nSPS) is 9.25. The van der Waals surface area contributed by atoms with Gasteiger partial charge in [0, 0.05) is 5.75 Å². The van der Waals surface area contributed by atoms with Crippen LogP contribution in [0.1, 0.15) is 13.8 Å². The molecule has 0 heterocycles. The summed E-state index contributed by atoms with van der Waals surface area (Å²) in [6.45, 7) is 5.05. The largest absolute Gasteiger partial charge is 0.519 e. The number of ether oxygens (including phenoxy) is 1. The molecule has 0 aliphatic heterocycles. The predicted molar refractivity (Wildman–Crippen MR) is 45.6 cm³/mol. The van der Waals surface area contributed by atoms with Crippen molar-refractivity contribution >= 4 is 0 Å². The van der Waals surface area contributed by atoms with Gasteiger partial charge in [-0.1, -0.05) is 13.8 Å². The molecule has 2 heteroatoms. The van der Waals surface area contributed by atoms with Crippen molar-refractivity contribution < 1.29 is 4.74 Å². The standard InChI is InChI=1S/C10H13O.Rf/c1-9(2)8-11-10-6-4-3-5-7-10;/h4-7,9H,8H2,1-2H3;/q-1;. The third kappa shape index (κ3) is 3.25. The molecule has 12 heavy (non-hydrogen) atoms. The molecule has 0 saturated carbocycles. The molecule has 1 aromatic rings. The third-order valence-electron chi connectivity index (χ3n) is 1.27. The van der Waals surface area contributed by atoms with Crippen LogP contribution < -0.4 is 4.74 Å².